The first-order valence-electron chi connectivity index (χ1n) is 5.74. The van der Waals surface area contributed by atoms with Crippen LogP contribution in [0.5, 0.6) is 0 Å². The molecule has 0 aromatic rings. The molecule has 0 bridgehead atoms. The molecule has 0 saturated heterocycles. The third-order valence-electron chi connectivity index (χ3n) is 3.59. The Kier molecular flexibility index (Phi) is 2.30. The van der Waals surface area contributed by atoms with Gasteiger partial charge >= 0.3 is 0 Å². The molecule has 0 N–H and O–H groups in total. The van der Waals surface area contributed by atoms with Gasteiger partial charge in [-0.15, -0.1) is 0 Å². The standard InChI is InChI=1S/C13H20O2/c1-9-5-6-11-12(2,3)7-10(14)8-13(11,4)15-9/h6,9H,5,7-8H2,1-4H3. The van der Waals surface area contributed by atoms with Crippen molar-refractivity contribution in [2.24, 2.45) is 5.41 Å². The van der Waals surface area contributed by atoms with Gasteiger partial charge in [-0.1, -0.05) is 19.9 Å². The van der Waals surface area contributed by atoms with Crippen molar-refractivity contribution in [2.45, 2.75) is 58.7 Å². The molecule has 1 fully saturated rings. The minimum absolute atomic E-state index is 0.0236. The van der Waals surface area contributed by atoms with Crippen LogP contribution in [-0.4, -0.2) is 17.5 Å². The van der Waals surface area contributed by atoms with Crippen LogP contribution in [0.15, 0.2) is 11.6 Å². The summed E-state index contributed by atoms with van der Waals surface area (Å²) in [6.07, 6.45) is 4.71. The summed E-state index contributed by atoms with van der Waals surface area (Å²) in [4.78, 5) is 11.7. The highest BCUT2D eigenvalue weighted by atomic mass is 16.5. The lowest BCUT2D eigenvalue weighted by Gasteiger charge is -2.48. The summed E-state index contributed by atoms with van der Waals surface area (Å²) in [7, 11) is 0. The molecule has 0 amide bonds. The maximum Gasteiger partial charge on any atom is 0.136 e. The molecule has 0 aromatic carbocycles. The molecule has 1 aliphatic carbocycles. The van der Waals surface area contributed by atoms with Gasteiger partial charge in [0.05, 0.1) is 11.7 Å². The summed E-state index contributed by atoms with van der Waals surface area (Å²) in [5.74, 6) is 0.328. The van der Waals surface area contributed by atoms with E-state index in [0.717, 1.165) is 6.42 Å². The number of fused-ring (bicyclic) bond motifs is 1. The molecule has 2 atom stereocenters. The van der Waals surface area contributed by atoms with Crippen molar-refractivity contribution in [3.63, 3.8) is 0 Å². The SMILES string of the molecule is CC1CC=C2C(C)(C)CC(=O)CC2(C)O1. The quantitative estimate of drug-likeness (QED) is 0.572. The maximum absolute atomic E-state index is 11.7. The maximum atomic E-state index is 11.7. The summed E-state index contributed by atoms with van der Waals surface area (Å²) in [5.41, 5.74) is 0.966. The summed E-state index contributed by atoms with van der Waals surface area (Å²) < 4.78 is 5.99. The Morgan fingerprint density at radius 1 is 1.33 bits per heavy atom. The number of Topliss-reactive ketones (excluding diaryl/α,β-unsaturated/α-hetero) is 1. The van der Waals surface area contributed by atoms with Crippen LogP contribution in [0, 0.1) is 5.41 Å². The summed E-state index contributed by atoms with van der Waals surface area (Å²) in [5, 5.41) is 0. The van der Waals surface area contributed by atoms with Gasteiger partial charge in [-0.05, 0) is 31.3 Å². The van der Waals surface area contributed by atoms with E-state index in [0.29, 0.717) is 18.6 Å². The average Bonchev–Trinajstić information content (AvgIpc) is 1.97. The number of carbonyl (C=O) groups is 1. The Bertz CT molecular complexity index is 327. The smallest absolute Gasteiger partial charge is 0.136 e. The first-order chi connectivity index (χ1) is 6.83. The van der Waals surface area contributed by atoms with E-state index in [9.17, 15) is 4.79 Å². The van der Waals surface area contributed by atoms with Gasteiger partial charge in [0.1, 0.15) is 5.78 Å². The van der Waals surface area contributed by atoms with E-state index < -0.39 is 0 Å². The summed E-state index contributed by atoms with van der Waals surface area (Å²) >= 11 is 0. The van der Waals surface area contributed by atoms with Crippen molar-refractivity contribution in [2.75, 3.05) is 0 Å². The third-order valence-corrected chi connectivity index (χ3v) is 3.59. The van der Waals surface area contributed by atoms with Crippen molar-refractivity contribution in [1.29, 1.82) is 0 Å². The molecular weight excluding hydrogens is 188 g/mol. The molecule has 0 spiro atoms. The Balaban J connectivity index is 2.41. The molecule has 0 radical (unpaired) electrons. The highest BCUT2D eigenvalue weighted by Crippen LogP contribution is 2.48. The van der Waals surface area contributed by atoms with Crippen LogP contribution in [0.1, 0.15) is 47.0 Å². The van der Waals surface area contributed by atoms with Crippen molar-refractivity contribution < 1.29 is 9.53 Å². The van der Waals surface area contributed by atoms with Crippen LogP contribution in [-0.2, 0) is 9.53 Å². The second-order valence-corrected chi connectivity index (χ2v) is 5.79. The van der Waals surface area contributed by atoms with E-state index in [2.05, 4.69) is 33.8 Å². The van der Waals surface area contributed by atoms with E-state index in [-0.39, 0.29) is 17.1 Å². The fourth-order valence-corrected chi connectivity index (χ4v) is 3.21. The van der Waals surface area contributed by atoms with Gasteiger partial charge in [0.25, 0.3) is 0 Å². The molecule has 1 aliphatic heterocycles. The number of hydrogen-bond acceptors (Lipinski definition) is 2. The van der Waals surface area contributed by atoms with Gasteiger partial charge in [0.15, 0.2) is 0 Å². The monoisotopic (exact) mass is 208 g/mol. The van der Waals surface area contributed by atoms with Gasteiger partial charge in [0.2, 0.25) is 0 Å². The molecule has 84 valence electrons. The Morgan fingerprint density at radius 2 is 2.00 bits per heavy atom. The fourth-order valence-electron chi connectivity index (χ4n) is 3.21. The largest absolute Gasteiger partial charge is 0.367 e. The molecule has 2 rings (SSSR count). The number of ether oxygens (including phenoxy) is 1. The lowest BCUT2D eigenvalue weighted by Crippen LogP contribution is -2.49. The minimum atomic E-state index is -0.337. The topological polar surface area (TPSA) is 26.3 Å². The molecule has 1 saturated carbocycles. The Hall–Kier alpha value is -0.630. The normalized spacial score (nSPS) is 39.6. The number of rotatable bonds is 0. The molecule has 1 heterocycles. The molecule has 2 unspecified atom stereocenters. The van der Waals surface area contributed by atoms with E-state index in [1.54, 1.807) is 0 Å². The Labute approximate surface area is 91.7 Å². The van der Waals surface area contributed by atoms with Crippen molar-refractivity contribution >= 4 is 5.78 Å². The Morgan fingerprint density at radius 3 is 2.67 bits per heavy atom. The van der Waals surface area contributed by atoms with Gasteiger partial charge < -0.3 is 4.74 Å². The zero-order valence-electron chi connectivity index (χ0n) is 10.1. The number of carbonyl (C=O) groups excluding carboxylic acids is 1. The van der Waals surface area contributed by atoms with Crippen LogP contribution in [0.4, 0.5) is 0 Å². The van der Waals surface area contributed by atoms with E-state index in [1.807, 2.05) is 0 Å². The van der Waals surface area contributed by atoms with Crippen LogP contribution in [0.3, 0.4) is 0 Å². The predicted molar refractivity (Wildman–Crippen MR) is 59.7 cm³/mol. The van der Waals surface area contributed by atoms with Crippen molar-refractivity contribution in [3.05, 3.63) is 11.6 Å². The van der Waals surface area contributed by atoms with E-state index in [1.165, 1.54) is 5.57 Å². The third kappa shape index (κ3) is 1.76. The molecule has 2 aliphatic rings. The average molecular weight is 208 g/mol. The first kappa shape index (κ1) is 10.9. The van der Waals surface area contributed by atoms with Crippen molar-refractivity contribution in [3.8, 4) is 0 Å². The highest BCUT2D eigenvalue weighted by molar-refractivity contribution is 5.83. The van der Waals surface area contributed by atoms with Gasteiger partial charge in [-0.2, -0.15) is 0 Å². The second kappa shape index (κ2) is 3.18. The first-order valence-corrected chi connectivity index (χ1v) is 5.74. The second-order valence-electron chi connectivity index (χ2n) is 5.79. The lowest BCUT2D eigenvalue weighted by molar-refractivity contribution is -0.137. The van der Waals surface area contributed by atoms with Gasteiger partial charge in [-0.25, -0.2) is 0 Å². The minimum Gasteiger partial charge on any atom is -0.367 e. The highest BCUT2D eigenvalue weighted by Gasteiger charge is 2.47. The zero-order chi connectivity index (χ0) is 11.3. The number of hydrogen-bond donors (Lipinski definition) is 0. The molecule has 0 aromatic heterocycles. The van der Waals surface area contributed by atoms with Crippen LogP contribution >= 0.6 is 0 Å². The number of ketones is 1. The van der Waals surface area contributed by atoms with Crippen LogP contribution in [0.25, 0.3) is 0 Å². The zero-order valence-corrected chi connectivity index (χ0v) is 10.1. The molecule has 2 heteroatoms. The predicted octanol–water partition coefficient (Wildman–Crippen LogP) is 2.87. The van der Waals surface area contributed by atoms with Crippen LogP contribution < -0.4 is 0 Å². The van der Waals surface area contributed by atoms with E-state index >= 15 is 0 Å². The fraction of sp³-hybridized carbons (Fsp3) is 0.769. The molecule has 15 heavy (non-hydrogen) atoms. The molecular formula is C13H20O2. The van der Waals surface area contributed by atoms with E-state index in [4.69, 9.17) is 4.74 Å². The summed E-state index contributed by atoms with van der Waals surface area (Å²) in [6, 6.07) is 0. The van der Waals surface area contributed by atoms with Gasteiger partial charge in [0, 0.05) is 12.8 Å². The van der Waals surface area contributed by atoms with Crippen molar-refractivity contribution in [1.82, 2.24) is 0 Å². The lowest BCUT2D eigenvalue weighted by atomic mass is 9.64. The molecule has 2 nitrogen and oxygen atoms in total. The summed E-state index contributed by atoms with van der Waals surface area (Å²) in [6.45, 7) is 8.43. The van der Waals surface area contributed by atoms with Crippen LogP contribution in [0.2, 0.25) is 0 Å². The van der Waals surface area contributed by atoms with Gasteiger partial charge in [-0.3, -0.25) is 4.79 Å².